The summed E-state index contributed by atoms with van der Waals surface area (Å²) in [5.41, 5.74) is 0. The lowest BCUT2D eigenvalue weighted by atomic mass is 10.0. The SMILES string of the molecule is CC(=O)O.CCCCCCCCCCCCCCCCCC(=O)OCCCC. The lowest BCUT2D eigenvalue weighted by Gasteiger charge is -2.04. The fourth-order valence-electron chi connectivity index (χ4n) is 3.04. The molecule has 0 saturated carbocycles. The van der Waals surface area contributed by atoms with E-state index in [1.807, 2.05) is 0 Å². The molecule has 28 heavy (non-hydrogen) atoms. The minimum Gasteiger partial charge on any atom is -0.481 e. The van der Waals surface area contributed by atoms with Gasteiger partial charge in [0.1, 0.15) is 0 Å². The molecule has 168 valence electrons. The number of hydrogen-bond acceptors (Lipinski definition) is 3. The number of esters is 1. The molecule has 0 saturated heterocycles. The van der Waals surface area contributed by atoms with Gasteiger partial charge in [-0.2, -0.15) is 0 Å². The van der Waals surface area contributed by atoms with Crippen LogP contribution in [0.2, 0.25) is 0 Å². The zero-order chi connectivity index (χ0) is 21.3. The van der Waals surface area contributed by atoms with Gasteiger partial charge >= 0.3 is 5.97 Å². The standard InChI is InChI=1S/C22H44O2.C2H4O2/c1-3-5-7-8-9-10-11-12-13-14-15-16-17-18-19-20-22(23)24-21-6-4-2;1-2(3)4/h3-21H2,1-2H3;1H3,(H,3,4). The van der Waals surface area contributed by atoms with Crippen molar-refractivity contribution in [3.8, 4) is 0 Å². The molecule has 0 fully saturated rings. The third kappa shape index (κ3) is 32.6. The molecule has 0 aromatic carbocycles. The van der Waals surface area contributed by atoms with Gasteiger partial charge in [0.15, 0.2) is 0 Å². The Balaban J connectivity index is 0. The van der Waals surface area contributed by atoms with Crippen molar-refractivity contribution in [1.29, 1.82) is 0 Å². The second-order valence-electron chi connectivity index (χ2n) is 7.79. The molecule has 0 aliphatic carbocycles. The molecule has 1 N–H and O–H groups in total. The minimum atomic E-state index is -0.833. The van der Waals surface area contributed by atoms with Gasteiger partial charge in [0.05, 0.1) is 6.61 Å². The van der Waals surface area contributed by atoms with Crippen molar-refractivity contribution in [2.45, 2.75) is 136 Å². The molecule has 0 unspecified atom stereocenters. The molecule has 0 aliphatic heterocycles. The quantitative estimate of drug-likeness (QED) is 0.178. The van der Waals surface area contributed by atoms with E-state index in [0.29, 0.717) is 13.0 Å². The first kappa shape index (κ1) is 29.1. The highest BCUT2D eigenvalue weighted by molar-refractivity contribution is 5.69. The van der Waals surface area contributed by atoms with Crippen LogP contribution in [0.1, 0.15) is 136 Å². The van der Waals surface area contributed by atoms with E-state index in [2.05, 4.69) is 13.8 Å². The maximum atomic E-state index is 11.4. The molecule has 0 aromatic heterocycles. The topological polar surface area (TPSA) is 63.6 Å². The van der Waals surface area contributed by atoms with Crippen LogP contribution in [0, 0.1) is 0 Å². The Labute approximate surface area is 174 Å². The highest BCUT2D eigenvalue weighted by Crippen LogP contribution is 2.13. The van der Waals surface area contributed by atoms with Crippen molar-refractivity contribution in [2.24, 2.45) is 0 Å². The van der Waals surface area contributed by atoms with Crippen LogP contribution < -0.4 is 0 Å². The number of ether oxygens (including phenoxy) is 1. The molecule has 4 nitrogen and oxygen atoms in total. The molecular formula is C24H48O4. The van der Waals surface area contributed by atoms with Gasteiger partial charge in [-0.3, -0.25) is 9.59 Å². The van der Waals surface area contributed by atoms with Crippen LogP contribution >= 0.6 is 0 Å². The van der Waals surface area contributed by atoms with Gasteiger partial charge in [-0.05, 0) is 12.8 Å². The van der Waals surface area contributed by atoms with Crippen molar-refractivity contribution >= 4 is 11.9 Å². The molecule has 0 radical (unpaired) electrons. The van der Waals surface area contributed by atoms with E-state index in [9.17, 15) is 4.79 Å². The average Bonchev–Trinajstić information content (AvgIpc) is 2.64. The van der Waals surface area contributed by atoms with Crippen LogP contribution in [0.25, 0.3) is 0 Å². The second-order valence-corrected chi connectivity index (χ2v) is 7.79. The fraction of sp³-hybridized carbons (Fsp3) is 0.917. The van der Waals surface area contributed by atoms with Crippen LogP contribution in [-0.2, 0) is 14.3 Å². The van der Waals surface area contributed by atoms with Gasteiger partial charge in [-0.25, -0.2) is 0 Å². The van der Waals surface area contributed by atoms with Crippen molar-refractivity contribution < 1.29 is 19.4 Å². The number of carbonyl (C=O) groups is 2. The molecular weight excluding hydrogens is 352 g/mol. The predicted molar refractivity (Wildman–Crippen MR) is 119 cm³/mol. The second kappa shape index (κ2) is 25.9. The predicted octanol–water partition coefficient (Wildman–Crippen LogP) is 7.68. The van der Waals surface area contributed by atoms with Gasteiger partial charge < -0.3 is 9.84 Å². The monoisotopic (exact) mass is 400 g/mol. The third-order valence-electron chi connectivity index (χ3n) is 4.75. The van der Waals surface area contributed by atoms with E-state index < -0.39 is 5.97 Å². The van der Waals surface area contributed by atoms with Gasteiger partial charge in [-0.1, -0.05) is 110 Å². The van der Waals surface area contributed by atoms with Crippen molar-refractivity contribution in [3.63, 3.8) is 0 Å². The summed E-state index contributed by atoms with van der Waals surface area (Å²) in [7, 11) is 0. The number of carbonyl (C=O) groups excluding carboxylic acids is 1. The van der Waals surface area contributed by atoms with E-state index in [4.69, 9.17) is 14.6 Å². The Bertz CT molecular complexity index is 325. The summed E-state index contributed by atoms with van der Waals surface area (Å²) in [6.07, 6.45) is 23.1. The smallest absolute Gasteiger partial charge is 0.305 e. The Hall–Kier alpha value is -1.06. The first-order chi connectivity index (χ1) is 13.5. The van der Waals surface area contributed by atoms with Gasteiger partial charge in [0, 0.05) is 13.3 Å². The molecule has 0 aromatic rings. The van der Waals surface area contributed by atoms with Crippen molar-refractivity contribution in [2.75, 3.05) is 6.61 Å². The van der Waals surface area contributed by atoms with Crippen LogP contribution in [0.15, 0.2) is 0 Å². The Morgan fingerprint density at radius 3 is 1.29 bits per heavy atom. The van der Waals surface area contributed by atoms with Crippen LogP contribution in [0.3, 0.4) is 0 Å². The third-order valence-corrected chi connectivity index (χ3v) is 4.75. The molecule has 0 spiro atoms. The largest absolute Gasteiger partial charge is 0.481 e. The summed E-state index contributed by atoms with van der Waals surface area (Å²) >= 11 is 0. The fourth-order valence-corrected chi connectivity index (χ4v) is 3.04. The van der Waals surface area contributed by atoms with Crippen molar-refractivity contribution in [1.82, 2.24) is 0 Å². The normalized spacial score (nSPS) is 10.2. The highest BCUT2D eigenvalue weighted by atomic mass is 16.5. The summed E-state index contributed by atoms with van der Waals surface area (Å²) in [6.45, 7) is 6.08. The van der Waals surface area contributed by atoms with E-state index in [0.717, 1.165) is 26.2 Å². The van der Waals surface area contributed by atoms with Gasteiger partial charge in [0.25, 0.3) is 5.97 Å². The maximum Gasteiger partial charge on any atom is 0.305 e. The summed E-state index contributed by atoms with van der Waals surface area (Å²) in [6, 6.07) is 0. The lowest BCUT2D eigenvalue weighted by molar-refractivity contribution is -0.144. The Kier molecular flexibility index (Phi) is 27.0. The van der Waals surface area contributed by atoms with E-state index in [1.165, 1.54) is 89.9 Å². The number of hydrogen-bond donors (Lipinski definition) is 1. The number of carboxylic acids is 1. The van der Waals surface area contributed by atoms with Crippen LogP contribution in [-0.4, -0.2) is 23.7 Å². The molecule has 0 amide bonds. The summed E-state index contributed by atoms with van der Waals surface area (Å²) in [4.78, 5) is 20.4. The van der Waals surface area contributed by atoms with Gasteiger partial charge in [-0.15, -0.1) is 0 Å². The molecule has 0 bridgehead atoms. The highest BCUT2D eigenvalue weighted by Gasteiger charge is 2.01. The summed E-state index contributed by atoms with van der Waals surface area (Å²) in [5, 5.41) is 7.42. The first-order valence-corrected chi connectivity index (χ1v) is 11.9. The van der Waals surface area contributed by atoms with Crippen LogP contribution in [0.5, 0.6) is 0 Å². The molecule has 0 rings (SSSR count). The zero-order valence-corrected chi connectivity index (χ0v) is 19.1. The molecule has 0 atom stereocenters. The maximum absolute atomic E-state index is 11.4. The minimum absolute atomic E-state index is 0.00172. The number of aliphatic carboxylic acids is 1. The summed E-state index contributed by atoms with van der Waals surface area (Å²) in [5.74, 6) is -0.835. The van der Waals surface area contributed by atoms with E-state index >= 15 is 0 Å². The first-order valence-electron chi connectivity index (χ1n) is 11.9. The number of carboxylic acid groups (broad SMARTS) is 1. The van der Waals surface area contributed by atoms with E-state index in [-0.39, 0.29) is 5.97 Å². The Morgan fingerprint density at radius 2 is 0.929 bits per heavy atom. The summed E-state index contributed by atoms with van der Waals surface area (Å²) < 4.78 is 5.16. The lowest BCUT2D eigenvalue weighted by Crippen LogP contribution is -2.05. The van der Waals surface area contributed by atoms with E-state index in [1.54, 1.807) is 0 Å². The average molecular weight is 401 g/mol. The van der Waals surface area contributed by atoms with Crippen molar-refractivity contribution in [3.05, 3.63) is 0 Å². The zero-order valence-electron chi connectivity index (χ0n) is 19.1. The molecule has 0 aliphatic rings. The molecule has 4 heteroatoms. The Morgan fingerprint density at radius 1 is 0.607 bits per heavy atom. The van der Waals surface area contributed by atoms with Gasteiger partial charge in [0.2, 0.25) is 0 Å². The molecule has 0 heterocycles. The number of unbranched alkanes of at least 4 members (excludes halogenated alkanes) is 15. The number of rotatable bonds is 19. The van der Waals surface area contributed by atoms with Crippen LogP contribution in [0.4, 0.5) is 0 Å².